The third-order valence-corrected chi connectivity index (χ3v) is 4.53. The molecule has 0 spiro atoms. The predicted molar refractivity (Wildman–Crippen MR) is 78.4 cm³/mol. The summed E-state index contributed by atoms with van der Waals surface area (Å²) in [6.07, 6.45) is 3.50. The van der Waals surface area contributed by atoms with Gasteiger partial charge in [-0.3, -0.25) is 0 Å². The lowest BCUT2D eigenvalue weighted by Crippen LogP contribution is -2.28. The first-order valence-corrected chi connectivity index (χ1v) is 7.42. The molecule has 4 atom stereocenters. The van der Waals surface area contributed by atoms with Crippen molar-refractivity contribution in [3.63, 3.8) is 0 Å². The molecule has 0 aromatic heterocycles. The molecule has 0 amide bonds. The molecule has 2 heteroatoms. The second-order valence-corrected chi connectivity index (χ2v) is 6.21. The van der Waals surface area contributed by atoms with Crippen LogP contribution in [0.2, 0.25) is 0 Å². The maximum absolute atomic E-state index is 9.58. The van der Waals surface area contributed by atoms with Crippen molar-refractivity contribution in [2.24, 2.45) is 11.8 Å². The van der Waals surface area contributed by atoms with Gasteiger partial charge in [0.1, 0.15) is 5.75 Å². The lowest BCUT2D eigenvalue weighted by atomic mass is 9.80. The zero-order valence-corrected chi connectivity index (χ0v) is 12.5. The number of hydrogen-bond donors (Lipinski definition) is 1. The van der Waals surface area contributed by atoms with Crippen molar-refractivity contribution in [3.05, 3.63) is 29.3 Å². The maximum Gasteiger partial charge on any atom is 0.122 e. The summed E-state index contributed by atoms with van der Waals surface area (Å²) in [5.74, 6) is 2.53. The summed E-state index contributed by atoms with van der Waals surface area (Å²) in [6, 6.07) is 5.98. The molecule has 1 saturated carbocycles. The third-order valence-electron chi connectivity index (χ3n) is 4.53. The number of benzene rings is 1. The molecule has 2 rings (SSSR count). The van der Waals surface area contributed by atoms with E-state index in [4.69, 9.17) is 4.74 Å². The van der Waals surface area contributed by atoms with Crippen molar-refractivity contribution >= 4 is 0 Å². The van der Waals surface area contributed by atoms with Gasteiger partial charge in [-0.2, -0.15) is 0 Å². The van der Waals surface area contributed by atoms with Gasteiger partial charge in [0.05, 0.1) is 12.2 Å². The van der Waals surface area contributed by atoms with Gasteiger partial charge in [-0.1, -0.05) is 19.9 Å². The number of aliphatic hydroxyl groups excluding tert-OH is 1. The Morgan fingerprint density at radius 3 is 2.53 bits per heavy atom. The third kappa shape index (κ3) is 3.50. The van der Waals surface area contributed by atoms with E-state index in [-0.39, 0.29) is 0 Å². The minimum absolute atomic E-state index is 0.349. The predicted octanol–water partition coefficient (Wildman–Crippen LogP) is 4.25. The van der Waals surface area contributed by atoms with E-state index in [2.05, 4.69) is 20.8 Å². The Bertz CT molecular complexity index is 425. The molecule has 0 heterocycles. The van der Waals surface area contributed by atoms with Crippen molar-refractivity contribution in [1.82, 2.24) is 0 Å². The molecule has 1 aliphatic carbocycles. The Hall–Kier alpha value is -1.02. The van der Waals surface area contributed by atoms with Crippen molar-refractivity contribution in [3.8, 4) is 5.75 Å². The summed E-state index contributed by atoms with van der Waals surface area (Å²) >= 11 is 0. The Labute approximate surface area is 116 Å². The average molecular weight is 262 g/mol. The molecule has 0 saturated heterocycles. The zero-order valence-electron chi connectivity index (χ0n) is 12.5. The Morgan fingerprint density at radius 2 is 1.95 bits per heavy atom. The van der Waals surface area contributed by atoms with Gasteiger partial charge in [-0.15, -0.1) is 0 Å². The molecule has 1 aliphatic rings. The largest absolute Gasteiger partial charge is 0.490 e. The van der Waals surface area contributed by atoms with Crippen LogP contribution in [0, 0.1) is 18.8 Å². The van der Waals surface area contributed by atoms with Crippen molar-refractivity contribution in [2.75, 3.05) is 0 Å². The topological polar surface area (TPSA) is 29.5 Å². The van der Waals surface area contributed by atoms with Crippen LogP contribution in [-0.4, -0.2) is 11.2 Å². The van der Waals surface area contributed by atoms with Gasteiger partial charge in [0, 0.05) is 0 Å². The molecular weight excluding hydrogens is 236 g/mol. The fourth-order valence-electron chi connectivity index (χ4n) is 2.85. The summed E-state index contributed by atoms with van der Waals surface area (Å²) in [4.78, 5) is 0. The lowest BCUT2D eigenvalue weighted by Gasteiger charge is -2.32. The van der Waals surface area contributed by atoms with E-state index in [1.165, 1.54) is 6.42 Å². The molecule has 1 aromatic rings. The SMILES string of the molecule is Cc1cc(C(C)O)ccc1OC1CCC(C)C(C)C1. The van der Waals surface area contributed by atoms with E-state index in [1.54, 1.807) is 6.92 Å². The monoisotopic (exact) mass is 262 g/mol. The molecular formula is C17H26O2. The molecule has 0 aliphatic heterocycles. The summed E-state index contributed by atoms with van der Waals surface area (Å²) in [5.41, 5.74) is 2.07. The second kappa shape index (κ2) is 5.96. The van der Waals surface area contributed by atoms with Gasteiger partial charge in [-0.05, 0) is 68.2 Å². The normalized spacial score (nSPS) is 29.0. The van der Waals surface area contributed by atoms with Crippen LogP contribution in [0.15, 0.2) is 18.2 Å². The standard InChI is InChI=1S/C17H26O2/c1-11-5-7-16(10-12(11)2)19-17-8-6-15(14(4)18)9-13(17)3/h6,8-9,11-12,14,16,18H,5,7,10H2,1-4H3. The first kappa shape index (κ1) is 14.4. The van der Waals surface area contributed by atoms with E-state index >= 15 is 0 Å². The van der Waals surface area contributed by atoms with Gasteiger partial charge in [-0.25, -0.2) is 0 Å². The van der Waals surface area contributed by atoms with E-state index < -0.39 is 6.10 Å². The number of hydrogen-bond acceptors (Lipinski definition) is 2. The molecule has 1 aromatic carbocycles. The number of ether oxygens (including phenoxy) is 1. The highest BCUT2D eigenvalue weighted by Gasteiger charge is 2.26. The van der Waals surface area contributed by atoms with Gasteiger partial charge in [0.25, 0.3) is 0 Å². The molecule has 106 valence electrons. The van der Waals surface area contributed by atoms with Crippen LogP contribution < -0.4 is 4.74 Å². The highest BCUT2D eigenvalue weighted by Crippen LogP contribution is 2.33. The molecule has 1 N–H and O–H groups in total. The highest BCUT2D eigenvalue weighted by atomic mass is 16.5. The molecule has 2 nitrogen and oxygen atoms in total. The van der Waals surface area contributed by atoms with Gasteiger partial charge in [0.15, 0.2) is 0 Å². The zero-order chi connectivity index (χ0) is 14.0. The maximum atomic E-state index is 9.58. The van der Waals surface area contributed by atoms with Crippen LogP contribution in [-0.2, 0) is 0 Å². The molecule has 0 bridgehead atoms. The number of aryl methyl sites for hydroxylation is 1. The van der Waals surface area contributed by atoms with E-state index in [0.717, 1.165) is 41.6 Å². The first-order valence-electron chi connectivity index (χ1n) is 7.42. The summed E-state index contributed by atoms with van der Waals surface area (Å²) < 4.78 is 6.16. The Kier molecular flexibility index (Phi) is 4.51. The second-order valence-electron chi connectivity index (χ2n) is 6.21. The smallest absolute Gasteiger partial charge is 0.122 e. The molecule has 4 unspecified atom stereocenters. The van der Waals surface area contributed by atoms with Crippen LogP contribution in [0.3, 0.4) is 0 Å². The highest BCUT2D eigenvalue weighted by molar-refractivity contribution is 5.37. The van der Waals surface area contributed by atoms with Gasteiger partial charge < -0.3 is 9.84 Å². The molecule has 19 heavy (non-hydrogen) atoms. The summed E-state index contributed by atoms with van der Waals surface area (Å²) in [5, 5.41) is 9.58. The molecule has 1 fully saturated rings. The van der Waals surface area contributed by atoms with Crippen LogP contribution in [0.5, 0.6) is 5.75 Å². The minimum Gasteiger partial charge on any atom is -0.490 e. The van der Waals surface area contributed by atoms with E-state index in [0.29, 0.717) is 6.10 Å². The van der Waals surface area contributed by atoms with Crippen LogP contribution in [0.25, 0.3) is 0 Å². The van der Waals surface area contributed by atoms with Crippen molar-refractivity contribution < 1.29 is 9.84 Å². The molecule has 0 radical (unpaired) electrons. The number of aliphatic hydroxyl groups is 1. The van der Waals surface area contributed by atoms with Crippen molar-refractivity contribution in [1.29, 1.82) is 0 Å². The lowest BCUT2D eigenvalue weighted by molar-refractivity contribution is 0.0999. The van der Waals surface area contributed by atoms with E-state index in [9.17, 15) is 5.11 Å². The van der Waals surface area contributed by atoms with E-state index in [1.807, 2.05) is 18.2 Å². The minimum atomic E-state index is -0.414. The quantitative estimate of drug-likeness (QED) is 0.882. The Balaban J connectivity index is 2.03. The van der Waals surface area contributed by atoms with Crippen LogP contribution >= 0.6 is 0 Å². The Morgan fingerprint density at radius 1 is 1.21 bits per heavy atom. The first-order chi connectivity index (χ1) is 8.97. The van der Waals surface area contributed by atoms with Gasteiger partial charge in [0.2, 0.25) is 0 Å². The average Bonchev–Trinajstić information content (AvgIpc) is 2.36. The fraction of sp³-hybridized carbons (Fsp3) is 0.647. The summed E-state index contributed by atoms with van der Waals surface area (Å²) in [6.45, 7) is 8.50. The van der Waals surface area contributed by atoms with Crippen LogP contribution in [0.4, 0.5) is 0 Å². The van der Waals surface area contributed by atoms with Crippen LogP contribution in [0.1, 0.15) is 57.3 Å². The summed E-state index contributed by atoms with van der Waals surface area (Å²) in [7, 11) is 0. The fourth-order valence-corrected chi connectivity index (χ4v) is 2.85. The number of rotatable bonds is 3. The van der Waals surface area contributed by atoms with Crippen molar-refractivity contribution in [2.45, 2.75) is 59.2 Å². The van der Waals surface area contributed by atoms with Gasteiger partial charge >= 0.3 is 0 Å².